The van der Waals surface area contributed by atoms with E-state index in [1.807, 2.05) is 27.7 Å². The molecule has 0 bridgehead atoms. The van der Waals surface area contributed by atoms with Crippen molar-refractivity contribution in [2.45, 2.75) is 187 Å². The molecule has 0 saturated heterocycles. The summed E-state index contributed by atoms with van der Waals surface area (Å²) in [6.07, 6.45) is 11.7. The van der Waals surface area contributed by atoms with Crippen molar-refractivity contribution in [2.75, 3.05) is 7.11 Å². The van der Waals surface area contributed by atoms with Crippen molar-refractivity contribution >= 4 is 17.9 Å². The number of hydrogen-bond acceptors (Lipinski definition) is 8. The minimum Gasteiger partial charge on any atom is -0.487 e. The maximum absolute atomic E-state index is 11.6. The maximum Gasteiger partial charge on any atom is 0.305 e. The number of carboxylic acid groups (broad SMARTS) is 2. The van der Waals surface area contributed by atoms with Gasteiger partial charge in [0.05, 0.1) is 7.11 Å². The quantitative estimate of drug-likeness (QED) is 0.213. The number of aliphatic carboxylic acids is 2. The van der Waals surface area contributed by atoms with E-state index in [2.05, 4.69) is 34.6 Å². The van der Waals surface area contributed by atoms with Crippen LogP contribution >= 0.6 is 0 Å². The van der Waals surface area contributed by atoms with Gasteiger partial charge >= 0.3 is 17.9 Å². The zero-order valence-corrected chi connectivity index (χ0v) is 35.0. The number of carboxylic acids is 2. The molecule has 0 aliphatic carbocycles. The Balaban J connectivity index is 0.000000211. The third-order valence-electron chi connectivity index (χ3n) is 12.9. The molecule has 2 N–H and O–H groups in total. The number of ether oxygens (including phenoxy) is 5. The van der Waals surface area contributed by atoms with Crippen molar-refractivity contribution in [1.82, 2.24) is 0 Å². The van der Waals surface area contributed by atoms with E-state index in [0.29, 0.717) is 25.7 Å². The summed E-state index contributed by atoms with van der Waals surface area (Å²) < 4.78 is 30.7. The SMILES string of the molecule is CCCC1(C)CCc2c3c(c(C)c(C)c2O1)OC(C)(CCC(=O)OC)CC3.Cc1c(C)c2c(c3c1OC(C)(CCC(=O)O)CC3)CCC(C)(CCC(=O)O)O2. The van der Waals surface area contributed by atoms with Crippen molar-refractivity contribution in [3.05, 3.63) is 44.5 Å². The third-order valence-corrected chi connectivity index (χ3v) is 12.9. The van der Waals surface area contributed by atoms with Gasteiger partial charge in [-0.2, -0.15) is 0 Å². The lowest BCUT2D eigenvalue weighted by molar-refractivity contribution is -0.142. The van der Waals surface area contributed by atoms with Gasteiger partial charge in [0.15, 0.2) is 0 Å². The number of methoxy groups -OCH3 is 1. The van der Waals surface area contributed by atoms with Crippen molar-refractivity contribution < 1.29 is 48.3 Å². The molecule has 4 heterocycles. The van der Waals surface area contributed by atoms with Crippen molar-refractivity contribution in [3.8, 4) is 23.0 Å². The Labute approximate surface area is 327 Å². The van der Waals surface area contributed by atoms with E-state index in [4.69, 9.17) is 33.9 Å². The van der Waals surface area contributed by atoms with Crippen LogP contribution in [0.15, 0.2) is 0 Å². The minimum atomic E-state index is -0.803. The van der Waals surface area contributed by atoms with Gasteiger partial charge in [0.25, 0.3) is 0 Å². The molecule has 0 spiro atoms. The largest absolute Gasteiger partial charge is 0.487 e. The van der Waals surface area contributed by atoms with Crippen LogP contribution in [0.3, 0.4) is 0 Å². The molecule has 4 aliphatic heterocycles. The number of rotatable bonds is 11. The van der Waals surface area contributed by atoms with Gasteiger partial charge in [-0.25, -0.2) is 0 Å². The summed E-state index contributed by atoms with van der Waals surface area (Å²) in [6, 6.07) is 0. The highest BCUT2D eigenvalue weighted by molar-refractivity contribution is 5.69. The van der Waals surface area contributed by atoms with E-state index in [1.54, 1.807) is 0 Å². The molecule has 2 aromatic carbocycles. The highest BCUT2D eigenvalue weighted by atomic mass is 16.5. The molecule has 0 radical (unpaired) electrons. The van der Waals surface area contributed by atoms with Gasteiger partial charge in [0, 0.05) is 41.5 Å². The molecule has 2 aromatic rings. The van der Waals surface area contributed by atoms with Gasteiger partial charge < -0.3 is 33.9 Å². The molecule has 4 unspecified atom stereocenters. The van der Waals surface area contributed by atoms with Crippen LogP contribution in [0.5, 0.6) is 23.0 Å². The first kappa shape index (κ1) is 42.2. The fourth-order valence-electron chi connectivity index (χ4n) is 8.94. The van der Waals surface area contributed by atoms with E-state index < -0.39 is 23.1 Å². The van der Waals surface area contributed by atoms with Crippen LogP contribution in [0.25, 0.3) is 0 Å². The molecule has 6 rings (SSSR count). The summed E-state index contributed by atoms with van der Waals surface area (Å²) in [5.41, 5.74) is 8.11. The number of fused-ring (bicyclic) bond motifs is 6. The molecule has 304 valence electrons. The van der Waals surface area contributed by atoms with Gasteiger partial charge in [-0.3, -0.25) is 14.4 Å². The number of carbonyl (C=O) groups excluding carboxylic acids is 1. The first-order valence-electron chi connectivity index (χ1n) is 20.3. The number of carbonyl (C=O) groups is 3. The number of benzene rings is 2. The van der Waals surface area contributed by atoms with E-state index in [0.717, 1.165) is 98.3 Å². The first-order valence-corrected chi connectivity index (χ1v) is 20.3. The fourth-order valence-corrected chi connectivity index (χ4v) is 8.94. The van der Waals surface area contributed by atoms with Crippen LogP contribution < -0.4 is 18.9 Å². The zero-order chi connectivity index (χ0) is 40.5. The van der Waals surface area contributed by atoms with Gasteiger partial charge in [-0.05, 0) is 155 Å². The average Bonchev–Trinajstić information content (AvgIpc) is 3.14. The Morgan fingerprint density at radius 3 is 1.05 bits per heavy atom. The predicted molar refractivity (Wildman–Crippen MR) is 211 cm³/mol. The molecule has 0 saturated carbocycles. The molecule has 0 fully saturated rings. The second-order valence-corrected chi connectivity index (χ2v) is 17.6. The highest BCUT2D eigenvalue weighted by Crippen LogP contribution is 2.50. The zero-order valence-electron chi connectivity index (χ0n) is 35.0. The van der Waals surface area contributed by atoms with Crippen LogP contribution in [-0.2, 0) is 44.8 Å². The maximum atomic E-state index is 11.6. The third kappa shape index (κ3) is 9.20. The Kier molecular flexibility index (Phi) is 12.5. The van der Waals surface area contributed by atoms with Crippen LogP contribution in [0.2, 0.25) is 0 Å². The Bertz CT molecular complexity index is 1750. The standard InChI is InChI=1S/C23H34O4.C22H30O6/c1-7-11-22(4)12-8-17-18-9-13-23(5,14-10-19(24)25-6)27-21(18)16(3)15(2)20(17)26-22;1-13-14(2)20-16(6-10-22(4,28-20)12-8-18(25)26)15-5-9-21(3,27-19(13)15)11-7-17(23)24/h7-14H2,1-6H3;5-12H2,1-4H3,(H,23,24)(H,25,26). The number of esters is 1. The van der Waals surface area contributed by atoms with E-state index in [-0.39, 0.29) is 30.0 Å². The van der Waals surface area contributed by atoms with Gasteiger partial charge in [-0.15, -0.1) is 0 Å². The molecule has 4 atom stereocenters. The average molecular weight is 765 g/mol. The van der Waals surface area contributed by atoms with E-state index in [1.165, 1.54) is 40.5 Å². The Hall–Kier alpha value is -3.95. The monoisotopic (exact) mass is 764 g/mol. The second-order valence-electron chi connectivity index (χ2n) is 17.6. The predicted octanol–water partition coefficient (Wildman–Crippen LogP) is 9.42. The molecule has 10 heteroatoms. The lowest BCUT2D eigenvalue weighted by atomic mass is 9.80. The first-order chi connectivity index (χ1) is 25.8. The Morgan fingerprint density at radius 1 is 0.527 bits per heavy atom. The van der Waals surface area contributed by atoms with Crippen LogP contribution in [0, 0.1) is 27.7 Å². The second kappa shape index (κ2) is 16.3. The molecule has 0 aromatic heterocycles. The molecule has 55 heavy (non-hydrogen) atoms. The molecular formula is C45H64O10. The van der Waals surface area contributed by atoms with Crippen LogP contribution in [0.1, 0.15) is 156 Å². The summed E-state index contributed by atoms with van der Waals surface area (Å²) in [7, 11) is 1.44. The lowest BCUT2D eigenvalue weighted by Gasteiger charge is -2.42. The van der Waals surface area contributed by atoms with Gasteiger partial charge in [0.2, 0.25) is 0 Å². The van der Waals surface area contributed by atoms with Crippen LogP contribution in [0.4, 0.5) is 0 Å². The van der Waals surface area contributed by atoms with E-state index in [9.17, 15) is 14.4 Å². The van der Waals surface area contributed by atoms with Crippen LogP contribution in [-0.4, -0.2) is 57.6 Å². The molecule has 0 amide bonds. The van der Waals surface area contributed by atoms with Crippen molar-refractivity contribution in [2.24, 2.45) is 0 Å². The Morgan fingerprint density at radius 2 is 0.800 bits per heavy atom. The molecule has 10 nitrogen and oxygen atoms in total. The van der Waals surface area contributed by atoms with Crippen molar-refractivity contribution in [3.63, 3.8) is 0 Å². The number of hydrogen-bond donors (Lipinski definition) is 2. The fraction of sp³-hybridized carbons (Fsp3) is 0.667. The minimum absolute atomic E-state index is 0.0578. The lowest BCUT2D eigenvalue weighted by Crippen LogP contribution is -2.40. The summed E-state index contributed by atoms with van der Waals surface area (Å²) >= 11 is 0. The summed E-state index contributed by atoms with van der Waals surface area (Å²) in [6.45, 7) is 18.9. The summed E-state index contributed by atoms with van der Waals surface area (Å²) in [5, 5.41) is 18.1. The van der Waals surface area contributed by atoms with E-state index >= 15 is 0 Å². The smallest absolute Gasteiger partial charge is 0.305 e. The molecule has 4 aliphatic rings. The normalized spacial score (nSPS) is 26.1. The summed E-state index contributed by atoms with van der Waals surface area (Å²) in [5.74, 6) is 2.10. The molecular weight excluding hydrogens is 700 g/mol. The topological polar surface area (TPSA) is 138 Å². The highest BCUT2D eigenvalue weighted by Gasteiger charge is 2.41. The summed E-state index contributed by atoms with van der Waals surface area (Å²) in [4.78, 5) is 33.6. The van der Waals surface area contributed by atoms with Crippen molar-refractivity contribution in [1.29, 1.82) is 0 Å². The van der Waals surface area contributed by atoms with Gasteiger partial charge in [-0.1, -0.05) is 13.3 Å². The van der Waals surface area contributed by atoms with Gasteiger partial charge in [0.1, 0.15) is 45.4 Å².